The number of nitrogens with zero attached hydrogens (tertiary/aromatic N) is 5. The SMILES string of the molecule is CCc1cn(C2CCN(c3c(F)cc4c(=O)c(C(=O)O)cn(C5CC5)c4c3OC)C2)nn1. The molecule has 1 N–H and O–H groups in total. The Balaban J connectivity index is 1.63. The maximum Gasteiger partial charge on any atom is 0.341 e. The minimum atomic E-state index is -1.32. The zero-order valence-corrected chi connectivity index (χ0v) is 17.9. The lowest BCUT2D eigenvalue weighted by atomic mass is 10.1. The lowest BCUT2D eigenvalue weighted by Crippen LogP contribution is -2.24. The Kier molecular flexibility index (Phi) is 4.87. The number of fused-ring (bicyclic) bond motifs is 1. The van der Waals surface area contributed by atoms with Crippen LogP contribution in [0, 0.1) is 5.82 Å². The Hall–Kier alpha value is -3.43. The number of halogens is 1. The van der Waals surface area contributed by atoms with Crippen molar-refractivity contribution in [2.24, 2.45) is 0 Å². The van der Waals surface area contributed by atoms with E-state index in [1.165, 1.54) is 13.3 Å². The van der Waals surface area contributed by atoms with Crippen LogP contribution in [0.4, 0.5) is 10.1 Å². The zero-order chi connectivity index (χ0) is 22.6. The molecule has 32 heavy (non-hydrogen) atoms. The largest absolute Gasteiger partial charge is 0.492 e. The fourth-order valence-electron chi connectivity index (χ4n) is 4.54. The van der Waals surface area contributed by atoms with Crippen molar-refractivity contribution in [3.8, 4) is 5.75 Å². The topological polar surface area (TPSA) is 102 Å². The second kappa shape index (κ2) is 7.61. The highest BCUT2D eigenvalue weighted by atomic mass is 19.1. The summed E-state index contributed by atoms with van der Waals surface area (Å²) in [7, 11) is 1.45. The molecule has 168 valence electrons. The number of anilines is 1. The quantitative estimate of drug-likeness (QED) is 0.627. The van der Waals surface area contributed by atoms with Crippen molar-refractivity contribution < 1.29 is 19.0 Å². The first-order valence-electron chi connectivity index (χ1n) is 10.8. The number of carboxylic acid groups (broad SMARTS) is 1. The van der Waals surface area contributed by atoms with Crippen molar-refractivity contribution in [3.05, 3.63) is 45.8 Å². The zero-order valence-electron chi connectivity index (χ0n) is 17.9. The summed E-state index contributed by atoms with van der Waals surface area (Å²) in [6.07, 6.45) is 6.57. The van der Waals surface area contributed by atoms with Gasteiger partial charge in [-0.25, -0.2) is 13.9 Å². The molecule has 2 fully saturated rings. The number of rotatable bonds is 6. The molecule has 3 heterocycles. The highest BCUT2D eigenvalue weighted by Gasteiger charge is 2.34. The van der Waals surface area contributed by atoms with Crippen molar-refractivity contribution in [2.75, 3.05) is 25.1 Å². The Morgan fingerprint density at radius 1 is 1.28 bits per heavy atom. The highest BCUT2D eigenvalue weighted by molar-refractivity contribution is 5.97. The maximum absolute atomic E-state index is 15.4. The van der Waals surface area contributed by atoms with E-state index in [0.717, 1.165) is 37.4 Å². The highest BCUT2D eigenvalue weighted by Crippen LogP contribution is 2.44. The van der Waals surface area contributed by atoms with Gasteiger partial charge < -0.3 is 19.3 Å². The van der Waals surface area contributed by atoms with Gasteiger partial charge in [0.05, 0.1) is 29.7 Å². The third kappa shape index (κ3) is 3.21. The molecule has 1 unspecified atom stereocenters. The van der Waals surface area contributed by atoms with Gasteiger partial charge in [0.2, 0.25) is 5.43 Å². The summed E-state index contributed by atoms with van der Waals surface area (Å²) in [6, 6.07) is 1.26. The van der Waals surface area contributed by atoms with E-state index >= 15 is 4.39 Å². The van der Waals surface area contributed by atoms with E-state index in [9.17, 15) is 14.7 Å². The number of aromatic carboxylic acids is 1. The van der Waals surface area contributed by atoms with E-state index in [1.807, 2.05) is 22.7 Å². The second-order valence-electron chi connectivity index (χ2n) is 8.38. The molecule has 0 spiro atoms. The lowest BCUT2D eigenvalue weighted by Gasteiger charge is -2.24. The molecule has 3 aromatic rings. The van der Waals surface area contributed by atoms with Crippen LogP contribution in [0.5, 0.6) is 5.75 Å². The van der Waals surface area contributed by atoms with Crippen LogP contribution < -0.4 is 15.1 Å². The van der Waals surface area contributed by atoms with Gasteiger partial charge in [-0.2, -0.15) is 0 Å². The van der Waals surface area contributed by atoms with Gasteiger partial charge in [-0.3, -0.25) is 4.79 Å². The molecule has 1 atom stereocenters. The number of aromatic nitrogens is 4. The Morgan fingerprint density at radius 2 is 2.06 bits per heavy atom. The summed E-state index contributed by atoms with van der Waals surface area (Å²) >= 11 is 0. The minimum absolute atomic E-state index is 0.0227. The molecular weight excluding hydrogens is 417 g/mol. The molecule has 2 aromatic heterocycles. The number of methoxy groups -OCH3 is 1. The van der Waals surface area contributed by atoms with Crippen LogP contribution in [0.3, 0.4) is 0 Å². The molecule has 0 bridgehead atoms. The first-order valence-corrected chi connectivity index (χ1v) is 10.8. The molecule has 2 aliphatic rings. The average molecular weight is 441 g/mol. The first kappa shape index (κ1) is 20.5. The van der Waals surface area contributed by atoms with E-state index in [-0.39, 0.29) is 34.5 Å². The smallest absolute Gasteiger partial charge is 0.341 e. The van der Waals surface area contributed by atoms with Crippen molar-refractivity contribution in [1.82, 2.24) is 19.6 Å². The summed E-state index contributed by atoms with van der Waals surface area (Å²) in [6.45, 7) is 3.12. The van der Waals surface area contributed by atoms with E-state index in [1.54, 1.807) is 4.57 Å². The van der Waals surface area contributed by atoms with Crippen molar-refractivity contribution >= 4 is 22.6 Å². The second-order valence-corrected chi connectivity index (χ2v) is 8.38. The fraction of sp³-hybridized carbons (Fsp3) is 0.455. The molecule has 0 radical (unpaired) electrons. The Labute approximate surface area is 183 Å². The van der Waals surface area contributed by atoms with E-state index in [0.29, 0.717) is 18.6 Å². The summed E-state index contributed by atoms with van der Waals surface area (Å²) in [5.41, 5.74) is 0.564. The number of pyridine rings is 1. The maximum atomic E-state index is 15.4. The van der Waals surface area contributed by atoms with Gasteiger partial charge in [0, 0.05) is 31.5 Å². The molecule has 5 rings (SSSR count). The van der Waals surface area contributed by atoms with E-state index < -0.39 is 17.2 Å². The summed E-state index contributed by atoms with van der Waals surface area (Å²) in [5, 5.41) is 17.9. The van der Waals surface area contributed by atoms with E-state index in [4.69, 9.17) is 4.74 Å². The fourth-order valence-corrected chi connectivity index (χ4v) is 4.54. The molecule has 1 saturated heterocycles. The first-order chi connectivity index (χ1) is 15.4. The normalized spacial score (nSPS) is 18.5. The van der Waals surface area contributed by atoms with Crippen LogP contribution in [-0.4, -0.2) is 50.8 Å². The number of benzene rings is 1. The van der Waals surface area contributed by atoms with Crippen LogP contribution in [0.15, 0.2) is 23.3 Å². The van der Waals surface area contributed by atoms with Gasteiger partial charge in [0.25, 0.3) is 0 Å². The Morgan fingerprint density at radius 3 is 2.69 bits per heavy atom. The van der Waals surface area contributed by atoms with Crippen LogP contribution in [0.2, 0.25) is 0 Å². The van der Waals surface area contributed by atoms with Crippen LogP contribution >= 0.6 is 0 Å². The van der Waals surface area contributed by atoms with Gasteiger partial charge >= 0.3 is 5.97 Å². The molecule has 1 aliphatic heterocycles. The molecule has 1 saturated carbocycles. The molecule has 1 aliphatic carbocycles. The predicted octanol–water partition coefficient (Wildman–Crippen LogP) is 2.79. The summed E-state index contributed by atoms with van der Waals surface area (Å²) < 4.78 is 24.7. The molecule has 1 aromatic carbocycles. The minimum Gasteiger partial charge on any atom is -0.492 e. The summed E-state index contributed by atoms with van der Waals surface area (Å²) in [4.78, 5) is 26.3. The van der Waals surface area contributed by atoms with Gasteiger partial charge in [-0.05, 0) is 31.7 Å². The van der Waals surface area contributed by atoms with Crippen molar-refractivity contribution in [1.29, 1.82) is 0 Å². The van der Waals surface area contributed by atoms with Gasteiger partial charge in [-0.15, -0.1) is 5.10 Å². The van der Waals surface area contributed by atoms with Gasteiger partial charge in [-0.1, -0.05) is 12.1 Å². The predicted molar refractivity (Wildman–Crippen MR) is 115 cm³/mol. The van der Waals surface area contributed by atoms with Crippen LogP contribution in [-0.2, 0) is 6.42 Å². The van der Waals surface area contributed by atoms with Crippen molar-refractivity contribution in [3.63, 3.8) is 0 Å². The third-order valence-corrected chi connectivity index (χ3v) is 6.35. The van der Waals surface area contributed by atoms with E-state index in [2.05, 4.69) is 10.3 Å². The average Bonchev–Trinajstić information content (AvgIpc) is 3.31. The number of hydrogen-bond acceptors (Lipinski definition) is 6. The van der Waals surface area contributed by atoms with Gasteiger partial charge in [0.15, 0.2) is 11.6 Å². The standard InChI is InChI=1S/C22H24FN5O4/c1-3-12-9-28(25-24-12)14-6-7-26(10-14)19-17(23)8-15-18(21(19)32-2)27(13-4-5-13)11-16(20(15)29)22(30)31/h8-9,11,13-14H,3-7,10H2,1-2H3,(H,30,31). The third-order valence-electron chi connectivity index (χ3n) is 6.35. The monoisotopic (exact) mass is 441 g/mol. The van der Waals surface area contributed by atoms with Crippen LogP contribution in [0.25, 0.3) is 10.9 Å². The molecule has 9 nitrogen and oxygen atoms in total. The number of hydrogen-bond donors (Lipinski definition) is 1. The Bertz CT molecular complexity index is 1280. The lowest BCUT2D eigenvalue weighted by molar-refractivity contribution is 0.0695. The summed E-state index contributed by atoms with van der Waals surface area (Å²) in [5.74, 6) is -1.67. The number of aryl methyl sites for hydroxylation is 1. The molecule has 10 heteroatoms. The van der Waals surface area contributed by atoms with Crippen LogP contribution in [0.1, 0.15) is 54.3 Å². The molecule has 0 amide bonds. The molecular formula is C22H24FN5O4. The van der Waals surface area contributed by atoms with Crippen molar-refractivity contribution in [2.45, 2.75) is 44.7 Å². The number of ether oxygens (including phenoxy) is 1. The number of carboxylic acids is 1. The van der Waals surface area contributed by atoms with Gasteiger partial charge in [0.1, 0.15) is 11.3 Å². The number of carbonyl (C=O) groups is 1.